The number of esters is 1. The van der Waals surface area contributed by atoms with E-state index in [0.717, 1.165) is 30.0 Å². The van der Waals surface area contributed by atoms with Crippen LogP contribution in [-0.4, -0.2) is 12.1 Å². The molecule has 1 atom stereocenters. The fraction of sp³-hybridized carbons (Fsp3) is 0.450. The van der Waals surface area contributed by atoms with Gasteiger partial charge in [0, 0.05) is 0 Å². The van der Waals surface area contributed by atoms with Gasteiger partial charge in [0.05, 0.1) is 5.56 Å². The predicted molar refractivity (Wildman–Crippen MR) is 92.2 cm³/mol. The van der Waals surface area contributed by atoms with E-state index < -0.39 is 0 Å². The van der Waals surface area contributed by atoms with E-state index in [0.29, 0.717) is 5.56 Å². The molecule has 0 radical (unpaired) electrons. The second-order valence-electron chi connectivity index (χ2n) is 5.81. The van der Waals surface area contributed by atoms with E-state index in [1.807, 2.05) is 42.5 Å². The zero-order chi connectivity index (χ0) is 15.8. The first-order valence-corrected chi connectivity index (χ1v) is 8.45. The number of hydrogen-bond donors (Lipinski definition) is 0. The molecule has 0 saturated carbocycles. The average Bonchev–Trinajstić information content (AvgIpc) is 2.57. The molecule has 0 bridgehead atoms. The van der Waals surface area contributed by atoms with Crippen LogP contribution < -0.4 is 0 Å². The van der Waals surface area contributed by atoms with Crippen molar-refractivity contribution in [2.45, 2.75) is 58.5 Å². The highest BCUT2D eigenvalue weighted by atomic mass is 16.5. The summed E-state index contributed by atoms with van der Waals surface area (Å²) in [7, 11) is 0. The van der Waals surface area contributed by atoms with Gasteiger partial charge in [-0.3, -0.25) is 0 Å². The molecule has 0 aliphatic heterocycles. The molecule has 0 unspecified atom stereocenters. The minimum Gasteiger partial charge on any atom is -0.459 e. The van der Waals surface area contributed by atoms with E-state index in [-0.39, 0.29) is 12.1 Å². The summed E-state index contributed by atoms with van der Waals surface area (Å²) < 4.78 is 5.74. The Morgan fingerprint density at radius 2 is 1.77 bits per heavy atom. The minimum atomic E-state index is -0.195. The maximum atomic E-state index is 12.5. The normalized spacial score (nSPS) is 12.3. The van der Waals surface area contributed by atoms with Gasteiger partial charge in [-0.2, -0.15) is 0 Å². The molecule has 2 rings (SSSR count). The van der Waals surface area contributed by atoms with E-state index in [9.17, 15) is 4.79 Å². The predicted octanol–water partition coefficient (Wildman–Crippen LogP) is 5.75. The molecule has 0 amide bonds. The Morgan fingerprint density at radius 1 is 1.00 bits per heavy atom. The Morgan fingerprint density at radius 3 is 2.55 bits per heavy atom. The molecule has 0 aromatic heterocycles. The van der Waals surface area contributed by atoms with E-state index >= 15 is 0 Å². The Labute approximate surface area is 133 Å². The van der Waals surface area contributed by atoms with Crippen LogP contribution in [0.4, 0.5) is 0 Å². The largest absolute Gasteiger partial charge is 0.459 e. The minimum absolute atomic E-state index is 0.0309. The lowest BCUT2D eigenvalue weighted by molar-refractivity contribution is 0.0269. The summed E-state index contributed by atoms with van der Waals surface area (Å²) in [6.45, 7) is 4.29. The molecular weight excluding hydrogens is 272 g/mol. The first-order valence-electron chi connectivity index (χ1n) is 8.45. The lowest BCUT2D eigenvalue weighted by Crippen LogP contribution is -2.17. The first kappa shape index (κ1) is 16.5. The number of benzene rings is 2. The van der Waals surface area contributed by atoms with Crippen molar-refractivity contribution in [2.75, 3.05) is 0 Å². The van der Waals surface area contributed by atoms with E-state index in [1.54, 1.807) is 0 Å². The molecular formula is C20H26O2. The van der Waals surface area contributed by atoms with Crippen LogP contribution in [0, 0.1) is 0 Å². The van der Waals surface area contributed by atoms with Crippen molar-refractivity contribution in [3.8, 4) is 0 Å². The number of hydrogen-bond acceptors (Lipinski definition) is 2. The van der Waals surface area contributed by atoms with Gasteiger partial charge in [0.1, 0.15) is 6.10 Å². The van der Waals surface area contributed by atoms with Crippen molar-refractivity contribution < 1.29 is 9.53 Å². The zero-order valence-electron chi connectivity index (χ0n) is 13.7. The molecule has 0 spiro atoms. The fourth-order valence-corrected chi connectivity index (χ4v) is 2.76. The van der Waals surface area contributed by atoms with Crippen LogP contribution in [0.2, 0.25) is 0 Å². The SMILES string of the molecule is CCCCCC[C@H](CC)OC(=O)c1cccc2ccccc12. The first-order chi connectivity index (χ1) is 10.8. The van der Waals surface area contributed by atoms with E-state index in [2.05, 4.69) is 13.8 Å². The molecule has 0 aliphatic rings. The third-order valence-electron chi connectivity index (χ3n) is 4.12. The summed E-state index contributed by atoms with van der Waals surface area (Å²) in [6, 6.07) is 13.7. The lowest BCUT2D eigenvalue weighted by Gasteiger charge is -2.17. The molecule has 0 fully saturated rings. The molecule has 22 heavy (non-hydrogen) atoms. The summed E-state index contributed by atoms with van der Waals surface area (Å²) in [5, 5.41) is 2.05. The standard InChI is InChI=1S/C20H26O2/c1-3-5-6-7-13-17(4-2)22-20(21)19-15-10-12-16-11-8-9-14-18(16)19/h8-12,14-15,17H,3-7,13H2,1-2H3/t17-/m0/s1. The lowest BCUT2D eigenvalue weighted by atomic mass is 10.0. The highest BCUT2D eigenvalue weighted by molar-refractivity contribution is 6.04. The Bertz CT molecular complexity index is 598. The van der Waals surface area contributed by atoms with Gasteiger partial charge >= 0.3 is 5.97 Å². The van der Waals surface area contributed by atoms with Crippen LogP contribution >= 0.6 is 0 Å². The fourth-order valence-electron chi connectivity index (χ4n) is 2.76. The second-order valence-corrected chi connectivity index (χ2v) is 5.81. The summed E-state index contributed by atoms with van der Waals surface area (Å²) in [4.78, 5) is 12.5. The Balaban J connectivity index is 2.03. The summed E-state index contributed by atoms with van der Waals surface area (Å²) in [6.07, 6.45) is 6.72. The van der Waals surface area contributed by atoms with Gasteiger partial charge in [-0.15, -0.1) is 0 Å². The highest BCUT2D eigenvalue weighted by Crippen LogP contribution is 2.21. The number of carbonyl (C=O) groups is 1. The van der Waals surface area contributed by atoms with Crippen molar-refractivity contribution in [1.29, 1.82) is 0 Å². The molecule has 0 aliphatic carbocycles. The van der Waals surface area contributed by atoms with E-state index in [4.69, 9.17) is 4.74 Å². The van der Waals surface area contributed by atoms with Crippen LogP contribution in [0.25, 0.3) is 10.8 Å². The van der Waals surface area contributed by atoms with Gasteiger partial charge in [-0.25, -0.2) is 4.79 Å². The molecule has 0 N–H and O–H groups in total. The van der Waals surface area contributed by atoms with Crippen LogP contribution in [0.15, 0.2) is 42.5 Å². The van der Waals surface area contributed by atoms with Crippen LogP contribution in [0.5, 0.6) is 0 Å². The molecule has 2 heteroatoms. The summed E-state index contributed by atoms with van der Waals surface area (Å²) >= 11 is 0. The van der Waals surface area contributed by atoms with Gasteiger partial charge in [-0.1, -0.05) is 69.5 Å². The third-order valence-corrected chi connectivity index (χ3v) is 4.12. The topological polar surface area (TPSA) is 26.3 Å². The van der Waals surface area contributed by atoms with E-state index in [1.165, 1.54) is 19.3 Å². The van der Waals surface area contributed by atoms with Gasteiger partial charge in [0.25, 0.3) is 0 Å². The van der Waals surface area contributed by atoms with Crippen molar-refractivity contribution in [1.82, 2.24) is 0 Å². The van der Waals surface area contributed by atoms with Gasteiger partial charge < -0.3 is 4.74 Å². The maximum Gasteiger partial charge on any atom is 0.339 e. The monoisotopic (exact) mass is 298 g/mol. The number of rotatable bonds is 8. The van der Waals surface area contributed by atoms with Crippen LogP contribution in [0.1, 0.15) is 62.7 Å². The summed E-state index contributed by atoms with van der Waals surface area (Å²) in [5.74, 6) is -0.195. The third kappa shape index (κ3) is 4.33. The molecule has 2 nitrogen and oxygen atoms in total. The van der Waals surface area contributed by atoms with Crippen LogP contribution in [0.3, 0.4) is 0 Å². The van der Waals surface area contributed by atoms with Crippen molar-refractivity contribution >= 4 is 16.7 Å². The summed E-state index contributed by atoms with van der Waals surface area (Å²) in [5.41, 5.74) is 0.671. The maximum absolute atomic E-state index is 12.5. The molecule has 0 saturated heterocycles. The zero-order valence-corrected chi connectivity index (χ0v) is 13.7. The van der Waals surface area contributed by atoms with Gasteiger partial charge in [0.2, 0.25) is 0 Å². The molecule has 2 aromatic carbocycles. The van der Waals surface area contributed by atoms with Crippen molar-refractivity contribution in [3.63, 3.8) is 0 Å². The molecule has 0 heterocycles. The van der Waals surface area contributed by atoms with Gasteiger partial charge in [0.15, 0.2) is 0 Å². The second kappa shape index (κ2) is 8.57. The number of unbranched alkanes of at least 4 members (excludes halogenated alkanes) is 3. The molecule has 118 valence electrons. The Kier molecular flexibility index (Phi) is 6.45. The van der Waals surface area contributed by atoms with Crippen molar-refractivity contribution in [3.05, 3.63) is 48.0 Å². The number of carbonyl (C=O) groups excluding carboxylic acids is 1. The van der Waals surface area contributed by atoms with Crippen molar-refractivity contribution in [2.24, 2.45) is 0 Å². The quantitative estimate of drug-likeness (QED) is 0.458. The molecule has 2 aromatic rings. The number of fused-ring (bicyclic) bond motifs is 1. The smallest absolute Gasteiger partial charge is 0.339 e. The number of ether oxygens (including phenoxy) is 1. The highest BCUT2D eigenvalue weighted by Gasteiger charge is 2.16. The average molecular weight is 298 g/mol. The Hall–Kier alpha value is -1.83. The van der Waals surface area contributed by atoms with Gasteiger partial charge in [-0.05, 0) is 36.1 Å². The van der Waals surface area contributed by atoms with Crippen LogP contribution in [-0.2, 0) is 4.74 Å².